The van der Waals surface area contributed by atoms with Gasteiger partial charge in [0.25, 0.3) is 0 Å². The minimum Gasteiger partial charge on any atom is -0.381 e. The fraction of sp³-hybridized carbons (Fsp3) is 0.500. The smallest absolute Gasteiger partial charge is 0.184 e. The van der Waals surface area contributed by atoms with Gasteiger partial charge in [0.15, 0.2) is 16.4 Å². The molecule has 1 fully saturated rings. The molecule has 1 atom stereocenters. The molecule has 20 heavy (non-hydrogen) atoms. The van der Waals surface area contributed by atoms with Crippen LogP contribution < -0.4 is 0 Å². The van der Waals surface area contributed by atoms with E-state index >= 15 is 0 Å². The van der Waals surface area contributed by atoms with Crippen LogP contribution in [0.25, 0.3) is 11.0 Å². The summed E-state index contributed by atoms with van der Waals surface area (Å²) < 4.78 is 35.1. The molecule has 1 aliphatic heterocycles. The molecule has 3 nitrogen and oxygen atoms in total. The van der Waals surface area contributed by atoms with Crippen LogP contribution in [0.15, 0.2) is 12.1 Å². The van der Waals surface area contributed by atoms with Crippen molar-refractivity contribution in [1.29, 1.82) is 0 Å². The molecule has 1 aromatic carbocycles. The SMILES string of the molecule is CC(C1CCOCC1)n1c(=S)[nH]c2ccc(F)c(F)c21. The Morgan fingerprint density at radius 1 is 1.35 bits per heavy atom. The highest BCUT2D eigenvalue weighted by Crippen LogP contribution is 2.32. The monoisotopic (exact) mass is 298 g/mol. The van der Waals surface area contributed by atoms with E-state index in [2.05, 4.69) is 4.98 Å². The summed E-state index contributed by atoms with van der Waals surface area (Å²) in [6.45, 7) is 3.42. The largest absolute Gasteiger partial charge is 0.381 e. The third kappa shape index (κ3) is 2.16. The number of H-pyrrole nitrogens is 1. The maximum Gasteiger partial charge on any atom is 0.184 e. The quantitative estimate of drug-likeness (QED) is 0.850. The van der Waals surface area contributed by atoms with Gasteiger partial charge in [-0.25, -0.2) is 8.78 Å². The van der Waals surface area contributed by atoms with Crippen molar-refractivity contribution in [3.8, 4) is 0 Å². The van der Waals surface area contributed by atoms with Crippen LogP contribution in [0.5, 0.6) is 0 Å². The zero-order chi connectivity index (χ0) is 14.3. The predicted molar refractivity (Wildman–Crippen MR) is 75.3 cm³/mol. The summed E-state index contributed by atoms with van der Waals surface area (Å²) in [5.41, 5.74) is 0.766. The molecule has 2 aromatic rings. The zero-order valence-electron chi connectivity index (χ0n) is 11.2. The number of nitrogens with zero attached hydrogens (tertiary/aromatic N) is 1. The van der Waals surface area contributed by atoms with Crippen LogP contribution in [0.3, 0.4) is 0 Å². The number of fused-ring (bicyclic) bond motifs is 1. The van der Waals surface area contributed by atoms with Crippen LogP contribution in [0, 0.1) is 22.3 Å². The molecular formula is C14H16F2N2OS. The Bertz CT molecular complexity index is 688. The van der Waals surface area contributed by atoms with E-state index in [-0.39, 0.29) is 11.6 Å². The summed E-state index contributed by atoms with van der Waals surface area (Å²) >= 11 is 5.29. The standard InChI is InChI=1S/C14H16F2N2OS/c1-8(9-4-6-19-7-5-9)18-13-11(17-14(18)20)3-2-10(15)12(13)16/h2-3,8-9H,4-7H2,1H3,(H,17,20). The summed E-state index contributed by atoms with van der Waals surface area (Å²) in [5.74, 6) is -1.33. The Morgan fingerprint density at radius 2 is 2.05 bits per heavy atom. The number of halogens is 2. The molecule has 1 saturated heterocycles. The Hall–Kier alpha value is -1.27. The first-order valence-electron chi connectivity index (χ1n) is 6.75. The molecule has 0 aliphatic carbocycles. The molecule has 6 heteroatoms. The van der Waals surface area contributed by atoms with Gasteiger partial charge in [0.05, 0.1) is 5.52 Å². The normalized spacial score (nSPS) is 18.6. The first-order chi connectivity index (χ1) is 9.59. The van der Waals surface area contributed by atoms with Crippen LogP contribution in [-0.4, -0.2) is 22.8 Å². The van der Waals surface area contributed by atoms with E-state index in [9.17, 15) is 8.78 Å². The first kappa shape index (κ1) is 13.7. The summed E-state index contributed by atoms with van der Waals surface area (Å²) in [6, 6.07) is 2.65. The maximum atomic E-state index is 14.1. The summed E-state index contributed by atoms with van der Waals surface area (Å²) in [6.07, 6.45) is 1.82. The van der Waals surface area contributed by atoms with E-state index in [0.717, 1.165) is 18.9 Å². The molecule has 1 aromatic heterocycles. The number of ether oxygens (including phenoxy) is 1. The van der Waals surface area contributed by atoms with Crippen LogP contribution in [0.1, 0.15) is 25.8 Å². The van der Waals surface area contributed by atoms with Crippen LogP contribution in [-0.2, 0) is 4.74 Å². The number of imidazole rings is 1. The molecule has 1 unspecified atom stereocenters. The maximum absolute atomic E-state index is 14.1. The molecule has 1 aliphatic rings. The second kappa shape index (κ2) is 5.26. The van der Waals surface area contributed by atoms with Crippen molar-refractivity contribution in [2.75, 3.05) is 13.2 Å². The topological polar surface area (TPSA) is 29.9 Å². The number of benzene rings is 1. The van der Waals surface area contributed by atoms with E-state index in [4.69, 9.17) is 17.0 Å². The highest BCUT2D eigenvalue weighted by molar-refractivity contribution is 7.71. The highest BCUT2D eigenvalue weighted by Gasteiger charge is 2.25. The lowest BCUT2D eigenvalue weighted by Gasteiger charge is -2.29. The summed E-state index contributed by atoms with van der Waals surface area (Å²) in [5, 5.41) is 0. The fourth-order valence-electron chi connectivity index (χ4n) is 2.95. The van der Waals surface area contributed by atoms with Gasteiger partial charge in [0.2, 0.25) is 0 Å². The predicted octanol–water partition coefficient (Wildman–Crippen LogP) is 3.96. The molecule has 2 heterocycles. The minimum absolute atomic E-state index is 0.0106. The molecule has 0 saturated carbocycles. The van der Waals surface area contributed by atoms with Gasteiger partial charge in [0, 0.05) is 19.3 Å². The van der Waals surface area contributed by atoms with E-state index < -0.39 is 11.6 Å². The van der Waals surface area contributed by atoms with Gasteiger partial charge >= 0.3 is 0 Å². The zero-order valence-corrected chi connectivity index (χ0v) is 12.0. The molecule has 0 spiro atoms. The van der Waals surface area contributed by atoms with Crippen molar-refractivity contribution >= 4 is 23.3 Å². The molecule has 0 radical (unpaired) electrons. The van der Waals surface area contributed by atoms with E-state index in [1.54, 1.807) is 4.57 Å². The average molecular weight is 298 g/mol. The molecule has 1 N–H and O–H groups in total. The van der Waals surface area contributed by atoms with Gasteiger partial charge in [-0.15, -0.1) is 0 Å². The molecule has 108 valence electrons. The van der Waals surface area contributed by atoms with Crippen LogP contribution in [0.4, 0.5) is 8.78 Å². The fourth-order valence-corrected chi connectivity index (χ4v) is 3.32. The third-order valence-electron chi connectivity index (χ3n) is 4.13. The first-order valence-corrected chi connectivity index (χ1v) is 7.16. The third-order valence-corrected chi connectivity index (χ3v) is 4.42. The van der Waals surface area contributed by atoms with Crippen molar-refractivity contribution < 1.29 is 13.5 Å². The van der Waals surface area contributed by atoms with E-state index in [0.29, 0.717) is 29.4 Å². The van der Waals surface area contributed by atoms with Gasteiger partial charge in [-0.2, -0.15) is 0 Å². The van der Waals surface area contributed by atoms with Crippen LogP contribution >= 0.6 is 12.2 Å². The van der Waals surface area contributed by atoms with Gasteiger partial charge in [-0.1, -0.05) is 0 Å². The summed E-state index contributed by atoms with van der Waals surface area (Å²) in [7, 11) is 0. The number of hydrogen-bond donors (Lipinski definition) is 1. The second-order valence-corrected chi connectivity index (χ2v) is 5.63. The number of rotatable bonds is 2. The van der Waals surface area contributed by atoms with Gasteiger partial charge in [0.1, 0.15) is 5.52 Å². The molecule has 3 rings (SSSR count). The average Bonchev–Trinajstić information content (AvgIpc) is 2.80. The number of nitrogens with one attached hydrogen (secondary N) is 1. The number of hydrogen-bond acceptors (Lipinski definition) is 2. The Kier molecular flexibility index (Phi) is 3.60. The Labute approximate surface area is 120 Å². The summed E-state index contributed by atoms with van der Waals surface area (Å²) in [4.78, 5) is 2.95. The second-order valence-electron chi connectivity index (χ2n) is 5.25. The van der Waals surface area contributed by atoms with Crippen molar-refractivity contribution in [2.24, 2.45) is 5.92 Å². The van der Waals surface area contributed by atoms with E-state index in [1.165, 1.54) is 6.07 Å². The van der Waals surface area contributed by atoms with Gasteiger partial charge < -0.3 is 14.3 Å². The van der Waals surface area contributed by atoms with Crippen molar-refractivity contribution in [3.63, 3.8) is 0 Å². The lowest BCUT2D eigenvalue weighted by Crippen LogP contribution is -2.24. The highest BCUT2D eigenvalue weighted by atomic mass is 32.1. The lowest BCUT2D eigenvalue weighted by atomic mass is 9.92. The Morgan fingerprint density at radius 3 is 2.75 bits per heavy atom. The Balaban J connectivity index is 2.12. The lowest BCUT2D eigenvalue weighted by molar-refractivity contribution is 0.0516. The van der Waals surface area contributed by atoms with Crippen molar-refractivity contribution in [1.82, 2.24) is 9.55 Å². The van der Waals surface area contributed by atoms with E-state index in [1.807, 2.05) is 6.92 Å². The van der Waals surface area contributed by atoms with Gasteiger partial charge in [-0.05, 0) is 50.0 Å². The van der Waals surface area contributed by atoms with Crippen molar-refractivity contribution in [2.45, 2.75) is 25.8 Å². The minimum atomic E-state index is -0.848. The number of aromatic nitrogens is 2. The molecular weight excluding hydrogens is 282 g/mol. The molecule has 0 amide bonds. The van der Waals surface area contributed by atoms with Gasteiger partial charge in [-0.3, -0.25) is 0 Å². The number of aromatic amines is 1. The van der Waals surface area contributed by atoms with Crippen LogP contribution in [0.2, 0.25) is 0 Å². The molecule has 0 bridgehead atoms. The van der Waals surface area contributed by atoms with Crippen molar-refractivity contribution in [3.05, 3.63) is 28.5 Å².